The number of hydrogen-bond donors (Lipinski definition) is 0. The van der Waals surface area contributed by atoms with Gasteiger partial charge in [-0.1, -0.05) is 11.8 Å². The smallest absolute Gasteiger partial charge is 0.134 e. The van der Waals surface area contributed by atoms with Gasteiger partial charge in [0.25, 0.3) is 0 Å². The Bertz CT molecular complexity index is 603. The highest BCUT2D eigenvalue weighted by molar-refractivity contribution is 7.99. The van der Waals surface area contributed by atoms with Gasteiger partial charge in [0.2, 0.25) is 0 Å². The van der Waals surface area contributed by atoms with Gasteiger partial charge in [0.05, 0.1) is 30.7 Å². The molecule has 0 unspecified atom stereocenters. The molecular weight excluding hydrogens is 258 g/mol. The first kappa shape index (κ1) is 13.3. The van der Waals surface area contributed by atoms with Crippen molar-refractivity contribution in [3.63, 3.8) is 0 Å². The molecule has 96 valence electrons. The lowest BCUT2D eigenvalue weighted by atomic mass is 10.2. The van der Waals surface area contributed by atoms with Crippen LogP contribution in [0, 0.1) is 11.3 Å². The largest absolute Gasteiger partial charge is 0.497 e. The molecule has 0 spiro atoms. The second kappa shape index (κ2) is 6.17. The normalized spacial score (nSPS) is 9.74. The summed E-state index contributed by atoms with van der Waals surface area (Å²) in [5, 5.41) is 8.87. The molecule has 0 aliphatic rings. The highest BCUT2D eigenvalue weighted by atomic mass is 32.2. The molecule has 0 N–H and O–H groups in total. The van der Waals surface area contributed by atoms with Gasteiger partial charge in [-0.25, -0.2) is 0 Å². The number of nitrogens with zero attached hydrogens (tertiary/aromatic N) is 1. The third-order valence-corrected chi connectivity index (χ3v) is 3.65. The van der Waals surface area contributed by atoms with E-state index in [4.69, 9.17) is 14.7 Å². The molecule has 0 amide bonds. The monoisotopic (exact) mass is 271 g/mol. The van der Waals surface area contributed by atoms with Crippen LogP contribution in [0.2, 0.25) is 0 Å². The molecule has 0 aliphatic heterocycles. The van der Waals surface area contributed by atoms with Gasteiger partial charge in [0, 0.05) is 4.90 Å². The van der Waals surface area contributed by atoms with Crippen molar-refractivity contribution in [2.75, 3.05) is 14.2 Å². The zero-order chi connectivity index (χ0) is 13.7. The molecule has 2 aromatic rings. The summed E-state index contributed by atoms with van der Waals surface area (Å²) in [4.78, 5) is 2.07. The maximum atomic E-state index is 8.87. The molecule has 0 saturated heterocycles. The van der Waals surface area contributed by atoms with Crippen molar-refractivity contribution in [3.8, 4) is 17.6 Å². The molecule has 3 nitrogen and oxygen atoms in total. The van der Waals surface area contributed by atoms with Crippen LogP contribution in [0.4, 0.5) is 0 Å². The standard InChI is InChI=1S/C15H13NO2S/c1-17-12-4-6-13(7-5-12)19-15-8-3-11(10-16)9-14(15)18-2/h3-9H,1-2H3. The topological polar surface area (TPSA) is 42.2 Å². The van der Waals surface area contributed by atoms with Crippen molar-refractivity contribution in [3.05, 3.63) is 48.0 Å². The van der Waals surface area contributed by atoms with Gasteiger partial charge in [-0.05, 0) is 42.5 Å². The van der Waals surface area contributed by atoms with Crippen molar-refractivity contribution in [2.24, 2.45) is 0 Å². The summed E-state index contributed by atoms with van der Waals surface area (Å²) in [6.07, 6.45) is 0. The van der Waals surface area contributed by atoms with Crippen LogP contribution in [-0.4, -0.2) is 14.2 Å². The van der Waals surface area contributed by atoms with Crippen LogP contribution >= 0.6 is 11.8 Å². The van der Waals surface area contributed by atoms with Gasteiger partial charge in [-0.2, -0.15) is 5.26 Å². The van der Waals surface area contributed by atoms with Crippen molar-refractivity contribution in [1.82, 2.24) is 0 Å². The second-order valence-electron chi connectivity index (χ2n) is 3.76. The lowest BCUT2D eigenvalue weighted by Crippen LogP contribution is -1.88. The highest BCUT2D eigenvalue weighted by Crippen LogP contribution is 2.35. The van der Waals surface area contributed by atoms with E-state index in [1.807, 2.05) is 30.3 Å². The van der Waals surface area contributed by atoms with Gasteiger partial charge < -0.3 is 9.47 Å². The fourth-order valence-corrected chi connectivity index (χ4v) is 2.50. The number of benzene rings is 2. The van der Waals surface area contributed by atoms with Crippen molar-refractivity contribution in [2.45, 2.75) is 9.79 Å². The number of rotatable bonds is 4. The Morgan fingerprint density at radius 3 is 2.32 bits per heavy atom. The second-order valence-corrected chi connectivity index (χ2v) is 4.87. The fourth-order valence-electron chi connectivity index (χ4n) is 1.59. The van der Waals surface area contributed by atoms with Gasteiger partial charge in [-0.3, -0.25) is 0 Å². The maximum Gasteiger partial charge on any atom is 0.134 e. The van der Waals surface area contributed by atoms with E-state index in [1.54, 1.807) is 38.1 Å². The van der Waals surface area contributed by atoms with Crippen LogP contribution in [0.25, 0.3) is 0 Å². The predicted molar refractivity (Wildman–Crippen MR) is 74.8 cm³/mol. The average molecular weight is 271 g/mol. The Labute approximate surface area is 116 Å². The van der Waals surface area contributed by atoms with E-state index in [2.05, 4.69) is 6.07 Å². The molecule has 0 heterocycles. The molecule has 0 aromatic heterocycles. The minimum atomic E-state index is 0.593. The van der Waals surface area contributed by atoms with E-state index in [0.29, 0.717) is 11.3 Å². The Kier molecular flexibility index (Phi) is 4.32. The highest BCUT2D eigenvalue weighted by Gasteiger charge is 2.06. The van der Waals surface area contributed by atoms with E-state index >= 15 is 0 Å². The minimum Gasteiger partial charge on any atom is -0.497 e. The van der Waals surface area contributed by atoms with Crippen LogP contribution in [0.1, 0.15) is 5.56 Å². The zero-order valence-corrected chi connectivity index (χ0v) is 11.5. The molecule has 0 fully saturated rings. The van der Waals surface area contributed by atoms with Gasteiger partial charge in [0.1, 0.15) is 11.5 Å². The maximum absolute atomic E-state index is 8.87. The molecule has 2 rings (SSSR count). The first-order valence-corrected chi connectivity index (χ1v) is 6.48. The van der Waals surface area contributed by atoms with Crippen LogP contribution in [0.5, 0.6) is 11.5 Å². The van der Waals surface area contributed by atoms with E-state index in [0.717, 1.165) is 15.5 Å². The van der Waals surface area contributed by atoms with E-state index < -0.39 is 0 Å². The van der Waals surface area contributed by atoms with Crippen molar-refractivity contribution < 1.29 is 9.47 Å². The summed E-state index contributed by atoms with van der Waals surface area (Å²) in [7, 11) is 3.25. The van der Waals surface area contributed by atoms with Crippen LogP contribution in [-0.2, 0) is 0 Å². The van der Waals surface area contributed by atoms with Gasteiger partial charge >= 0.3 is 0 Å². The van der Waals surface area contributed by atoms with Gasteiger partial charge in [-0.15, -0.1) is 0 Å². The quantitative estimate of drug-likeness (QED) is 0.849. The number of hydrogen-bond acceptors (Lipinski definition) is 4. The molecular formula is C15H13NO2S. The first-order valence-electron chi connectivity index (χ1n) is 5.67. The third-order valence-electron chi connectivity index (χ3n) is 2.58. The Hall–Kier alpha value is -2.12. The van der Waals surface area contributed by atoms with Crippen LogP contribution in [0.3, 0.4) is 0 Å². The summed E-state index contributed by atoms with van der Waals surface area (Å²) < 4.78 is 10.4. The Balaban J connectivity index is 2.24. The van der Waals surface area contributed by atoms with E-state index in [-0.39, 0.29) is 0 Å². The molecule has 0 atom stereocenters. The zero-order valence-electron chi connectivity index (χ0n) is 10.7. The SMILES string of the molecule is COc1ccc(Sc2ccc(C#N)cc2OC)cc1. The summed E-state index contributed by atoms with van der Waals surface area (Å²) in [6, 6.07) is 15.3. The lowest BCUT2D eigenvalue weighted by Gasteiger charge is -2.08. The summed E-state index contributed by atoms with van der Waals surface area (Å²) >= 11 is 1.59. The van der Waals surface area contributed by atoms with Crippen molar-refractivity contribution in [1.29, 1.82) is 5.26 Å². The van der Waals surface area contributed by atoms with Crippen molar-refractivity contribution >= 4 is 11.8 Å². The fraction of sp³-hybridized carbons (Fsp3) is 0.133. The number of nitriles is 1. The molecule has 2 aromatic carbocycles. The van der Waals surface area contributed by atoms with Crippen LogP contribution in [0.15, 0.2) is 52.3 Å². The third kappa shape index (κ3) is 3.21. The lowest BCUT2D eigenvalue weighted by molar-refractivity contribution is 0.404. The molecule has 4 heteroatoms. The Morgan fingerprint density at radius 2 is 1.74 bits per heavy atom. The molecule has 0 bridgehead atoms. The molecule has 19 heavy (non-hydrogen) atoms. The van der Waals surface area contributed by atoms with Crippen LogP contribution < -0.4 is 9.47 Å². The molecule has 0 radical (unpaired) electrons. The Morgan fingerprint density at radius 1 is 1.00 bits per heavy atom. The van der Waals surface area contributed by atoms with Gasteiger partial charge in [0.15, 0.2) is 0 Å². The number of methoxy groups -OCH3 is 2. The van der Waals surface area contributed by atoms with E-state index in [1.165, 1.54) is 0 Å². The predicted octanol–water partition coefficient (Wildman–Crippen LogP) is 3.73. The first-order chi connectivity index (χ1) is 9.26. The summed E-state index contributed by atoms with van der Waals surface area (Å²) in [6.45, 7) is 0. The van der Waals surface area contributed by atoms with E-state index in [9.17, 15) is 0 Å². The summed E-state index contributed by atoms with van der Waals surface area (Å²) in [5.41, 5.74) is 0.593. The molecule has 0 saturated carbocycles. The molecule has 0 aliphatic carbocycles. The average Bonchev–Trinajstić information content (AvgIpc) is 2.48. The summed E-state index contributed by atoms with van der Waals surface area (Å²) in [5.74, 6) is 1.54. The minimum absolute atomic E-state index is 0.593. The number of ether oxygens (including phenoxy) is 2.